The Bertz CT molecular complexity index is 2850. The van der Waals surface area contributed by atoms with Gasteiger partial charge in [0.15, 0.2) is 5.82 Å². The highest BCUT2D eigenvalue weighted by atomic mass is 19.1. The average Bonchev–Trinajstić information content (AvgIpc) is 4.00. The zero-order valence-electron chi connectivity index (χ0n) is 36.3. The van der Waals surface area contributed by atoms with Crippen LogP contribution in [0.2, 0.25) is 0 Å². The number of piperidine rings is 2. The monoisotopic (exact) mass is 865 g/mol. The number of anilines is 1. The van der Waals surface area contributed by atoms with Crippen molar-refractivity contribution in [3.8, 4) is 22.4 Å². The van der Waals surface area contributed by atoms with E-state index in [0.717, 1.165) is 80.9 Å². The topological polar surface area (TPSA) is 187 Å². The molecule has 1 unspecified atom stereocenters. The predicted octanol–water partition coefficient (Wildman–Crippen LogP) is 6.46. The molecule has 0 saturated carbocycles. The van der Waals surface area contributed by atoms with E-state index in [0.29, 0.717) is 24.5 Å². The fraction of sp³-hybridized carbons (Fsp3) is 0.333. The lowest BCUT2D eigenvalue weighted by molar-refractivity contribution is -0.136. The first-order chi connectivity index (χ1) is 30.6. The van der Waals surface area contributed by atoms with Crippen LogP contribution in [0.5, 0.6) is 0 Å². The van der Waals surface area contributed by atoms with Crippen LogP contribution < -0.4 is 15.5 Å². The number of H-pyrrole nitrogens is 1. The molecule has 4 aromatic carbocycles. The highest BCUT2D eigenvalue weighted by Gasteiger charge is 2.46. The molecule has 2 saturated heterocycles. The van der Waals surface area contributed by atoms with Crippen molar-refractivity contribution in [2.24, 2.45) is 0 Å². The average molecular weight is 866 g/mol. The Balaban J connectivity index is 0.811. The molecule has 1 atom stereocenters. The number of imide groups is 2. The Labute approximate surface area is 368 Å². The summed E-state index contributed by atoms with van der Waals surface area (Å²) in [5.41, 5.74) is 7.78. The second-order valence-corrected chi connectivity index (χ2v) is 18.0. The third-order valence-electron chi connectivity index (χ3n) is 12.5. The predicted molar refractivity (Wildman–Crippen MR) is 236 cm³/mol. The molecular weight excluding hydrogens is 818 g/mol. The quantitative estimate of drug-likeness (QED) is 0.128. The molecule has 0 radical (unpaired) electrons. The summed E-state index contributed by atoms with van der Waals surface area (Å²) in [4.78, 5) is 72.9. The van der Waals surface area contributed by atoms with Gasteiger partial charge in [0.25, 0.3) is 11.8 Å². The summed E-state index contributed by atoms with van der Waals surface area (Å²) in [6, 6.07) is 22.8. The van der Waals surface area contributed by atoms with Gasteiger partial charge in [0.05, 0.1) is 22.3 Å². The molecule has 3 aliphatic heterocycles. The molecule has 64 heavy (non-hydrogen) atoms. The Morgan fingerprint density at radius 3 is 2.36 bits per heavy atom. The van der Waals surface area contributed by atoms with Gasteiger partial charge >= 0.3 is 11.8 Å². The molecular formula is C48H48FN9O6. The number of nitrogens with zero attached hydrogens (tertiary/aromatic N) is 6. The number of aryl methyl sites for hydroxylation is 1. The highest BCUT2D eigenvalue weighted by Crippen LogP contribution is 2.34. The molecule has 5 amide bonds. The standard InChI is InChI=1S/C48H48FN9O6/c1-26-20-30(6-7-31(26)24-50-43(61)44-52-47(55-64-44)48(2,3)4)41-34-23-29(10-13-37(34)53-54-41)28-8-11-33(12-9-28)57-18-16-32(17-19-57)56(5)25-27-21-35-40(36(49)22-27)46(63)58(45(35)62)38-14-15-39(59)51-42(38)60/h6-13,20-23,32,38H,14-19,24-25H2,1-5H3,(H,50,61)(H,53,54)(H,51,59,60). The number of nitrogens with one attached hydrogen (secondary N) is 3. The van der Waals surface area contributed by atoms with Gasteiger partial charge in [0, 0.05) is 60.7 Å². The summed E-state index contributed by atoms with van der Waals surface area (Å²) in [7, 11) is 1.98. The van der Waals surface area contributed by atoms with E-state index in [1.165, 1.54) is 6.07 Å². The van der Waals surface area contributed by atoms with E-state index in [1.54, 1.807) is 6.07 Å². The molecule has 328 valence electrons. The summed E-state index contributed by atoms with van der Waals surface area (Å²) in [5.74, 6) is -3.58. The number of aromatic amines is 1. The Kier molecular flexibility index (Phi) is 10.9. The number of rotatable bonds is 10. The lowest BCUT2D eigenvalue weighted by atomic mass is 9.96. The number of fused-ring (bicyclic) bond motifs is 2. The minimum absolute atomic E-state index is 0.00748. The van der Waals surface area contributed by atoms with E-state index in [4.69, 9.17) is 4.52 Å². The summed E-state index contributed by atoms with van der Waals surface area (Å²) in [6.45, 7) is 10.2. The van der Waals surface area contributed by atoms with Crippen molar-refractivity contribution in [1.82, 2.24) is 40.8 Å². The number of aromatic nitrogens is 4. The van der Waals surface area contributed by atoms with E-state index in [1.807, 2.05) is 52.9 Å². The number of hydrogen-bond donors (Lipinski definition) is 3. The molecule has 5 heterocycles. The Hall–Kier alpha value is -7.07. The molecule has 6 aromatic rings. The van der Waals surface area contributed by atoms with E-state index in [2.05, 4.69) is 83.2 Å². The maximum absolute atomic E-state index is 15.4. The van der Waals surface area contributed by atoms with Crippen LogP contribution in [0.1, 0.15) is 100 Å². The van der Waals surface area contributed by atoms with Gasteiger partial charge in [-0.15, -0.1) is 0 Å². The summed E-state index contributed by atoms with van der Waals surface area (Å²) in [6.07, 6.45) is 1.75. The molecule has 0 spiro atoms. The van der Waals surface area contributed by atoms with Gasteiger partial charge in [-0.05, 0) is 104 Å². The van der Waals surface area contributed by atoms with Crippen LogP contribution in [0, 0.1) is 12.7 Å². The first kappa shape index (κ1) is 42.2. The fourth-order valence-corrected chi connectivity index (χ4v) is 8.87. The molecule has 2 fully saturated rings. The van der Waals surface area contributed by atoms with Crippen molar-refractivity contribution >= 4 is 46.1 Å². The van der Waals surface area contributed by atoms with Crippen LogP contribution >= 0.6 is 0 Å². The normalized spacial score (nSPS) is 17.1. The van der Waals surface area contributed by atoms with Gasteiger partial charge in [0.2, 0.25) is 11.8 Å². The van der Waals surface area contributed by atoms with E-state index >= 15 is 4.39 Å². The smallest absolute Gasteiger partial charge is 0.315 e. The van der Waals surface area contributed by atoms with Crippen LogP contribution in [-0.4, -0.2) is 91.9 Å². The lowest BCUT2D eigenvalue weighted by Gasteiger charge is -2.38. The van der Waals surface area contributed by atoms with Crippen LogP contribution in [-0.2, 0) is 28.1 Å². The fourth-order valence-electron chi connectivity index (χ4n) is 8.87. The molecule has 3 N–H and O–H groups in total. The number of hydrogen-bond acceptors (Lipinski definition) is 11. The number of benzene rings is 4. The highest BCUT2D eigenvalue weighted by molar-refractivity contribution is 6.23. The zero-order valence-corrected chi connectivity index (χ0v) is 36.3. The van der Waals surface area contributed by atoms with Gasteiger partial charge in [-0.1, -0.05) is 56.3 Å². The Morgan fingerprint density at radius 2 is 1.66 bits per heavy atom. The van der Waals surface area contributed by atoms with Crippen LogP contribution in [0.15, 0.2) is 77.3 Å². The molecule has 3 aliphatic rings. The summed E-state index contributed by atoms with van der Waals surface area (Å²) in [5, 5.41) is 17.8. The number of carbonyl (C=O) groups excluding carboxylic acids is 5. The second-order valence-electron chi connectivity index (χ2n) is 18.0. The third-order valence-corrected chi connectivity index (χ3v) is 12.5. The maximum Gasteiger partial charge on any atom is 0.315 e. The molecule has 0 aliphatic carbocycles. The largest absolute Gasteiger partial charge is 0.371 e. The van der Waals surface area contributed by atoms with E-state index in [-0.39, 0.29) is 41.3 Å². The van der Waals surface area contributed by atoms with E-state index < -0.39 is 41.4 Å². The molecule has 0 bridgehead atoms. The van der Waals surface area contributed by atoms with Gasteiger partial charge < -0.3 is 14.7 Å². The minimum atomic E-state index is -1.15. The molecule has 16 heteroatoms. The summed E-state index contributed by atoms with van der Waals surface area (Å²) >= 11 is 0. The maximum atomic E-state index is 15.4. The summed E-state index contributed by atoms with van der Waals surface area (Å²) < 4.78 is 20.6. The van der Waals surface area contributed by atoms with Crippen molar-refractivity contribution in [3.63, 3.8) is 0 Å². The van der Waals surface area contributed by atoms with Crippen LogP contribution in [0.4, 0.5) is 10.1 Å². The van der Waals surface area contributed by atoms with Gasteiger partial charge in [-0.25, -0.2) is 4.39 Å². The second kappa shape index (κ2) is 16.6. The first-order valence-electron chi connectivity index (χ1n) is 21.4. The van der Waals surface area contributed by atoms with Crippen molar-refractivity contribution in [2.45, 2.75) is 84.0 Å². The van der Waals surface area contributed by atoms with Crippen molar-refractivity contribution in [1.29, 1.82) is 0 Å². The molecule has 2 aromatic heterocycles. The van der Waals surface area contributed by atoms with Crippen molar-refractivity contribution in [3.05, 3.63) is 118 Å². The van der Waals surface area contributed by atoms with Crippen molar-refractivity contribution in [2.75, 3.05) is 25.0 Å². The zero-order chi connectivity index (χ0) is 45.0. The van der Waals surface area contributed by atoms with Crippen LogP contribution in [0.3, 0.4) is 0 Å². The third kappa shape index (κ3) is 8.04. The number of amides is 5. The van der Waals surface area contributed by atoms with Crippen LogP contribution in [0.25, 0.3) is 33.3 Å². The lowest BCUT2D eigenvalue weighted by Crippen LogP contribution is -2.54. The first-order valence-corrected chi connectivity index (χ1v) is 21.4. The van der Waals surface area contributed by atoms with Gasteiger partial charge in [0.1, 0.15) is 11.9 Å². The SMILES string of the molecule is Cc1cc(-c2n[nH]c3ccc(-c4ccc(N5CCC(N(C)Cc6cc(F)c7c(c6)C(=O)N(C6CCC(=O)NC6=O)C7=O)CC5)cc4)cc23)ccc1CNC(=O)c1nc(C(C)(C)C)no1. The number of carbonyl (C=O) groups is 5. The van der Waals surface area contributed by atoms with E-state index in [9.17, 15) is 24.0 Å². The Morgan fingerprint density at radius 1 is 0.922 bits per heavy atom. The minimum Gasteiger partial charge on any atom is -0.371 e. The van der Waals surface area contributed by atoms with Crippen molar-refractivity contribution < 1.29 is 32.9 Å². The molecule has 9 rings (SSSR count). The molecule has 15 nitrogen and oxygen atoms in total. The van der Waals surface area contributed by atoms with Gasteiger partial charge in [-0.3, -0.25) is 44.2 Å². The number of halogens is 1. The van der Waals surface area contributed by atoms with Gasteiger partial charge in [-0.2, -0.15) is 10.1 Å².